The van der Waals surface area contributed by atoms with Crippen molar-refractivity contribution in [2.75, 3.05) is 13.2 Å². The summed E-state index contributed by atoms with van der Waals surface area (Å²) in [6.45, 7) is 4.44. The van der Waals surface area contributed by atoms with Crippen LogP contribution in [0.2, 0.25) is 5.02 Å². The van der Waals surface area contributed by atoms with Crippen LogP contribution in [0.5, 0.6) is 5.88 Å². The second-order valence-electron chi connectivity index (χ2n) is 11.5. The first-order valence-corrected chi connectivity index (χ1v) is 14.3. The third-order valence-corrected chi connectivity index (χ3v) is 8.16. The third-order valence-electron chi connectivity index (χ3n) is 7.93. The summed E-state index contributed by atoms with van der Waals surface area (Å²) in [5.41, 5.74) is 0.562. The summed E-state index contributed by atoms with van der Waals surface area (Å²) in [5, 5.41) is 9.75. The van der Waals surface area contributed by atoms with Crippen LogP contribution in [-0.4, -0.2) is 38.8 Å². The zero-order valence-corrected chi connectivity index (χ0v) is 24.8. The van der Waals surface area contributed by atoms with E-state index in [4.69, 9.17) is 21.1 Å². The highest BCUT2D eigenvalue weighted by Gasteiger charge is 2.39. The number of nitrogens with zero attached hydrogens (tertiary/aromatic N) is 3. The first-order chi connectivity index (χ1) is 21.4. The van der Waals surface area contributed by atoms with Gasteiger partial charge in [0.25, 0.3) is 5.88 Å². The molecule has 0 amide bonds. The quantitative estimate of drug-likeness (QED) is 0.175. The maximum absolute atomic E-state index is 15.6. The molecule has 1 saturated heterocycles. The fourth-order valence-electron chi connectivity index (χ4n) is 5.48. The van der Waals surface area contributed by atoms with Crippen molar-refractivity contribution in [1.82, 2.24) is 14.5 Å². The summed E-state index contributed by atoms with van der Waals surface area (Å²) in [6, 6.07) is 12.4. The molecule has 1 aliphatic rings. The largest absolute Gasteiger partial charge is 0.478 e. The van der Waals surface area contributed by atoms with E-state index in [0.717, 1.165) is 24.3 Å². The molecule has 3 heterocycles. The average Bonchev–Trinajstić information content (AvgIpc) is 3.52. The summed E-state index contributed by atoms with van der Waals surface area (Å²) in [5.74, 6) is -4.29. The van der Waals surface area contributed by atoms with Crippen LogP contribution in [0.25, 0.3) is 22.3 Å². The number of pyridine rings is 1. The molecule has 6 rings (SSSR count). The average molecular weight is 640 g/mol. The summed E-state index contributed by atoms with van der Waals surface area (Å²) < 4.78 is 72.8. The van der Waals surface area contributed by atoms with Crippen LogP contribution in [-0.2, 0) is 17.8 Å². The highest BCUT2D eigenvalue weighted by Crippen LogP contribution is 2.40. The number of carbonyl (C=O) groups is 1. The smallest absolute Gasteiger partial charge is 0.335 e. The Balaban J connectivity index is 1.33. The lowest BCUT2D eigenvalue weighted by Crippen LogP contribution is -2.27. The van der Waals surface area contributed by atoms with E-state index in [1.54, 1.807) is 6.07 Å². The SMILES string of the molecule is CC1(C)COCC1n1c(Cc2cc(F)c(-c3ccc(F)c(OCc4ccc(Cl)cc4F)n3)cc2F)nc2ccc(C(=O)O)cc21. The van der Waals surface area contributed by atoms with Crippen LogP contribution >= 0.6 is 11.6 Å². The van der Waals surface area contributed by atoms with Crippen molar-refractivity contribution >= 4 is 28.6 Å². The zero-order valence-electron chi connectivity index (χ0n) is 24.1. The molecule has 0 spiro atoms. The standard InChI is InChI=1S/C33H26ClF4N3O4/c1-33(2)16-44-15-29(33)41-28-10-17(32(42)43)4-7-27(28)39-30(41)11-19-9-25(38)21(13-24(19)37)26-8-6-22(35)31(40-26)45-14-18-3-5-20(34)12-23(18)36/h3-10,12-13,29H,11,14-16H2,1-2H3,(H,42,43). The van der Waals surface area contributed by atoms with Crippen LogP contribution < -0.4 is 4.74 Å². The molecule has 1 fully saturated rings. The highest BCUT2D eigenvalue weighted by atomic mass is 35.5. The number of fused-ring (bicyclic) bond motifs is 1. The Labute approximate surface area is 260 Å². The summed E-state index contributed by atoms with van der Waals surface area (Å²) in [6.07, 6.45) is -0.107. The Morgan fingerprint density at radius 3 is 2.47 bits per heavy atom. The molecule has 0 saturated carbocycles. The van der Waals surface area contributed by atoms with Crippen molar-refractivity contribution in [2.45, 2.75) is 32.9 Å². The minimum Gasteiger partial charge on any atom is -0.478 e. The molecular formula is C33H26ClF4N3O4. The normalized spacial score (nSPS) is 15.9. The van der Waals surface area contributed by atoms with Gasteiger partial charge in [0.2, 0.25) is 0 Å². The van der Waals surface area contributed by atoms with E-state index < -0.39 is 35.1 Å². The van der Waals surface area contributed by atoms with Gasteiger partial charge in [-0.3, -0.25) is 0 Å². The van der Waals surface area contributed by atoms with Crippen molar-refractivity contribution in [3.8, 4) is 17.1 Å². The van der Waals surface area contributed by atoms with Gasteiger partial charge in [-0.05, 0) is 60.2 Å². The van der Waals surface area contributed by atoms with Crippen molar-refractivity contribution in [3.63, 3.8) is 0 Å². The molecule has 1 N–H and O–H groups in total. The van der Waals surface area contributed by atoms with Crippen molar-refractivity contribution in [3.05, 3.63) is 111 Å². The summed E-state index contributed by atoms with van der Waals surface area (Å²) in [4.78, 5) is 20.4. The number of carboxylic acid groups (broad SMARTS) is 1. The number of aromatic nitrogens is 3. The number of carboxylic acids is 1. The number of halogens is 5. The first-order valence-electron chi connectivity index (χ1n) is 13.9. The van der Waals surface area contributed by atoms with Gasteiger partial charge < -0.3 is 19.1 Å². The molecule has 0 aliphatic carbocycles. The highest BCUT2D eigenvalue weighted by molar-refractivity contribution is 6.30. The minimum absolute atomic E-state index is 0.000200. The van der Waals surface area contributed by atoms with E-state index in [-0.39, 0.29) is 57.5 Å². The number of hydrogen-bond donors (Lipinski definition) is 1. The van der Waals surface area contributed by atoms with Crippen LogP contribution in [0.1, 0.15) is 47.2 Å². The van der Waals surface area contributed by atoms with E-state index in [0.29, 0.717) is 30.1 Å². The van der Waals surface area contributed by atoms with E-state index in [1.807, 2.05) is 18.4 Å². The number of hydrogen-bond acceptors (Lipinski definition) is 5. The molecule has 1 unspecified atom stereocenters. The van der Waals surface area contributed by atoms with Crippen LogP contribution in [0.15, 0.2) is 60.7 Å². The maximum atomic E-state index is 15.6. The van der Waals surface area contributed by atoms with Gasteiger partial charge in [0.1, 0.15) is 29.9 Å². The third kappa shape index (κ3) is 5.97. The van der Waals surface area contributed by atoms with Gasteiger partial charge in [0, 0.05) is 28.0 Å². The van der Waals surface area contributed by atoms with Gasteiger partial charge >= 0.3 is 5.97 Å². The lowest BCUT2D eigenvalue weighted by molar-refractivity contribution is 0.0697. The van der Waals surface area contributed by atoms with Gasteiger partial charge in [-0.15, -0.1) is 0 Å². The first kappa shape index (κ1) is 30.5. The van der Waals surface area contributed by atoms with Crippen molar-refractivity contribution in [2.24, 2.45) is 5.41 Å². The van der Waals surface area contributed by atoms with Gasteiger partial charge in [-0.25, -0.2) is 32.3 Å². The molecule has 1 aliphatic heterocycles. The number of benzene rings is 3. The number of ether oxygens (including phenoxy) is 2. The Morgan fingerprint density at radius 2 is 1.76 bits per heavy atom. The number of imidazole rings is 1. The van der Waals surface area contributed by atoms with Gasteiger partial charge in [-0.2, -0.15) is 0 Å². The molecule has 0 bridgehead atoms. The predicted molar refractivity (Wildman–Crippen MR) is 158 cm³/mol. The van der Waals surface area contributed by atoms with E-state index >= 15 is 8.78 Å². The minimum atomic E-state index is -1.10. The van der Waals surface area contributed by atoms with Crippen molar-refractivity contribution < 1.29 is 36.9 Å². The van der Waals surface area contributed by atoms with Crippen molar-refractivity contribution in [1.29, 1.82) is 0 Å². The molecule has 2 aromatic heterocycles. The summed E-state index contributed by atoms with van der Waals surface area (Å²) in [7, 11) is 0. The molecule has 1 atom stereocenters. The molecular weight excluding hydrogens is 614 g/mol. The molecule has 45 heavy (non-hydrogen) atoms. The second-order valence-corrected chi connectivity index (χ2v) is 12.0. The van der Waals surface area contributed by atoms with Crippen LogP contribution in [0.4, 0.5) is 17.6 Å². The number of rotatable bonds is 8. The Morgan fingerprint density at radius 1 is 0.978 bits per heavy atom. The maximum Gasteiger partial charge on any atom is 0.335 e. The predicted octanol–water partition coefficient (Wildman–Crippen LogP) is 7.77. The Hall–Kier alpha value is -4.48. The molecule has 12 heteroatoms. The Bertz CT molecular complexity index is 1960. The van der Waals surface area contributed by atoms with E-state index in [9.17, 15) is 18.7 Å². The number of aromatic carboxylic acids is 1. The van der Waals surface area contributed by atoms with E-state index in [1.165, 1.54) is 30.3 Å². The fraction of sp³-hybridized carbons (Fsp3) is 0.242. The lowest BCUT2D eigenvalue weighted by Gasteiger charge is -2.28. The van der Waals surface area contributed by atoms with Gasteiger partial charge in [0.15, 0.2) is 5.82 Å². The topological polar surface area (TPSA) is 86.5 Å². The fourth-order valence-corrected chi connectivity index (χ4v) is 5.64. The Kier molecular flexibility index (Phi) is 8.00. The monoisotopic (exact) mass is 639 g/mol. The molecule has 232 valence electrons. The van der Waals surface area contributed by atoms with Crippen LogP contribution in [0, 0.1) is 28.7 Å². The molecule has 7 nitrogen and oxygen atoms in total. The van der Waals surface area contributed by atoms with Crippen LogP contribution in [0.3, 0.4) is 0 Å². The summed E-state index contributed by atoms with van der Waals surface area (Å²) >= 11 is 5.77. The zero-order chi connectivity index (χ0) is 32.0. The lowest BCUT2D eigenvalue weighted by atomic mass is 9.87. The molecule has 5 aromatic rings. The molecule has 3 aromatic carbocycles. The second kappa shape index (κ2) is 11.8. The van der Waals surface area contributed by atoms with E-state index in [2.05, 4.69) is 9.97 Å². The van der Waals surface area contributed by atoms with Gasteiger partial charge in [0.05, 0.1) is 41.5 Å². The molecule has 0 radical (unpaired) electrons. The van der Waals surface area contributed by atoms with Gasteiger partial charge in [-0.1, -0.05) is 31.5 Å².